The first-order valence-corrected chi connectivity index (χ1v) is 17.3. The van der Waals surface area contributed by atoms with Crippen molar-refractivity contribution in [1.29, 1.82) is 0 Å². The number of hydrogen-bond donors (Lipinski definition) is 1. The first-order valence-electron chi connectivity index (χ1n) is 17.3. The molecule has 0 saturated heterocycles. The number of nitrogens with zero attached hydrogens (tertiary/aromatic N) is 2. The minimum atomic E-state index is -0.192. The molecule has 1 aromatic heterocycles. The van der Waals surface area contributed by atoms with Gasteiger partial charge in [-0.05, 0) is 76.9 Å². The molecular weight excluding hydrogens is 769 g/mol. The molecule has 0 saturated carbocycles. The first kappa shape index (κ1) is 37.2. The van der Waals surface area contributed by atoms with Crippen LogP contribution in [0.15, 0.2) is 84.9 Å². The molecule has 0 spiro atoms. The van der Waals surface area contributed by atoms with E-state index in [4.69, 9.17) is 9.97 Å². The van der Waals surface area contributed by atoms with Crippen molar-refractivity contribution in [3.8, 4) is 22.5 Å². The van der Waals surface area contributed by atoms with E-state index in [0.717, 1.165) is 42.6 Å². The molecule has 0 bridgehead atoms. The summed E-state index contributed by atoms with van der Waals surface area (Å²) < 4.78 is 0. The summed E-state index contributed by atoms with van der Waals surface area (Å²) in [6.45, 7) is 17.2. The Morgan fingerprint density at radius 2 is 1.44 bits per heavy atom. The summed E-state index contributed by atoms with van der Waals surface area (Å²) in [5, 5.41) is 14.7. The molecule has 1 aliphatic rings. The minimum absolute atomic E-state index is 0. The van der Waals surface area contributed by atoms with Crippen LogP contribution in [0.1, 0.15) is 104 Å². The molecule has 5 aromatic rings. The fraction of sp³-hybridized carbons (Fsp3) is 0.372. The Morgan fingerprint density at radius 1 is 0.812 bits per heavy atom. The molecule has 5 heteroatoms. The second-order valence-corrected chi connectivity index (χ2v) is 13.7. The van der Waals surface area contributed by atoms with Gasteiger partial charge in [-0.1, -0.05) is 103 Å². The van der Waals surface area contributed by atoms with Crippen molar-refractivity contribution in [2.45, 2.75) is 92.4 Å². The van der Waals surface area contributed by atoms with Gasteiger partial charge in [-0.15, -0.1) is 29.1 Å². The van der Waals surface area contributed by atoms with Crippen LogP contribution in [0.2, 0.25) is 0 Å². The molecular formula is C43H49IrN2O2-. The molecule has 6 rings (SSSR count). The summed E-state index contributed by atoms with van der Waals surface area (Å²) >= 11 is 0. The summed E-state index contributed by atoms with van der Waals surface area (Å²) in [6.07, 6.45) is 6.61. The van der Waals surface area contributed by atoms with Crippen molar-refractivity contribution in [2.75, 3.05) is 0 Å². The molecule has 1 heterocycles. The van der Waals surface area contributed by atoms with E-state index >= 15 is 0 Å². The Bertz CT molecular complexity index is 1930. The third kappa shape index (κ3) is 7.33. The minimum Gasteiger partial charge on any atom is -0.512 e. The monoisotopic (exact) mass is 818 g/mol. The normalized spacial score (nSPS) is 13.4. The van der Waals surface area contributed by atoms with Crippen molar-refractivity contribution in [3.05, 3.63) is 108 Å². The number of allylic oxidation sites excluding steroid dienone is 2. The molecule has 1 aliphatic carbocycles. The molecule has 4 nitrogen and oxygen atoms in total. The maximum atomic E-state index is 11.7. The van der Waals surface area contributed by atoms with E-state index in [9.17, 15) is 9.90 Å². The fourth-order valence-corrected chi connectivity index (χ4v) is 6.95. The summed E-state index contributed by atoms with van der Waals surface area (Å²) in [4.78, 5) is 21.3. The maximum absolute atomic E-state index is 11.7. The Hall–Kier alpha value is -3.66. The quantitative estimate of drug-likeness (QED) is 0.0914. The van der Waals surface area contributed by atoms with Crippen LogP contribution in [0.3, 0.4) is 0 Å². The van der Waals surface area contributed by atoms with E-state index in [0.29, 0.717) is 5.92 Å². The number of fused-ring (bicyclic) bond motifs is 5. The molecule has 0 fully saturated rings. The number of aliphatic hydroxyl groups is 1. The maximum Gasteiger partial charge on any atom is 0.162 e. The van der Waals surface area contributed by atoms with Crippen molar-refractivity contribution >= 4 is 27.3 Å². The molecule has 48 heavy (non-hydrogen) atoms. The van der Waals surface area contributed by atoms with E-state index in [1.807, 2.05) is 27.7 Å². The summed E-state index contributed by atoms with van der Waals surface area (Å²) in [5.41, 5.74) is 7.97. The Morgan fingerprint density at radius 3 is 2.08 bits per heavy atom. The van der Waals surface area contributed by atoms with E-state index in [-0.39, 0.29) is 48.9 Å². The summed E-state index contributed by atoms with van der Waals surface area (Å²) in [6, 6.07) is 27.7. The van der Waals surface area contributed by atoms with Crippen LogP contribution in [0, 0.1) is 17.9 Å². The van der Waals surface area contributed by atoms with Gasteiger partial charge in [0.15, 0.2) is 5.78 Å². The van der Waals surface area contributed by atoms with Gasteiger partial charge in [-0.3, -0.25) is 9.78 Å². The first-order chi connectivity index (χ1) is 22.5. The third-order valence-corrected chi connectivity index (χ3v) is 10.1. The second kappa shape index (κ2) is 15.7. The van der Waals surface area contributed by atoms with Crippen molar-refractivity contribution in [1.82, 2.24) is 9.97 Å². The van der Waals surface area contributed by atoms with Crippen molar-refractivity contribution in [2.24, 2.45) is 11.8 Å². The van der Waals surface area contributed by atoms with E-state index in [1.54, 1.807) is 6.33 Å². The number of hydrogen-bond acceptors (Lipinski definition) is 4. The van der Waals surface area contributed by atoms with Gasteiger partial charge in [-0.2, -0.15) is 0 Å². The zero-order valence-electron chi connectivity index (χ0n) is 29.6. The molecule has 4 aromatic carbocycles. The Labute approximate surface area is 300 Å². The number of carbonyl (C=O) groups is 1. The van der Waals surface area contributed by atoms with E-state index in [2.05, 4.69) is 100 Å². The zero-order chi connectivity index (χ0) is 33.9. The average Bonchev–Trinajstić information content (AvgIpc) is 3.30. The number of aromatic nitrogens is 2. The van der Waals surface area contributed by atoms with Gasteiger partial charge in [0.2, 0.25) is 0 Å². The Kier molecular flexibility index (Phi) is 12.2. The smallest absolute Gasteiger partial charge is 0.162 e. The van der Waals surface area contributed by atoms with Crippen LogP contribution in [0.5, 0.6) is 0 Å². The predicted molar refractivity (Wildman–Crippen MR) is 197 cm³/mol. The van der Waals surface area contributed by atoms with Gasteiger partial charge in [0.25, 0.3) is 0 Å². The number of carbonyl (C=O) groups excluding carboxylic acids is 1. The van der Waals surface area contributed by atoms with E-state index in [1.165, 1.54) is 49.9 Å². The van der Waals surface area contributed by atoms with Crippen LogP contribution in [-0.2, 0) is 30.3 Å². The predicted octanol–water partition coefficient (Wildman–Crippen LogP) is 11.5. The second-order valence-electron chi connectivity index (χ2n) is 13.7. The van der Waals surface area contributed by atoms with Crippen LogP contribution in [-0.4, -0.2) is 20.9 Å². The van der Waals surface area contributed by atoms with Crippen LogP contribution < -0.4 is 0 Å². The molecule has 253 valence electrons. The topological polar surface area (TPSA) is 63.1 Å². The van der Waals surface area contributed by atoms with E-state index < -0.39 is 0 Å². The molecule has 0 amide bonds. The fourth-order valence-electron chi connectivity index (χ4n) is 6.95. The number of rotatable bonds is 9. The number of aliphatic hydroxyl groups excluding tert-OH is 1. The zero-order valence-corrected chi connectivity index (χ0v) is 32.0. The van der Waals surface area contributed by atoms with Gasteiger partial charge < -0.3 is 5.11 Å². The molecule has 0 unspecified atom stereocenters. The van der Waals surface area contributed by atoms with Gasteiger partial charge >= 0.3 is 0 Å². The standard InChI is InChI=1S/C30H25N2.C13H24O2.Ir/c1-18(2)20-10-11-22-15-25-26(16-24(22)13-20)30(3,4)27-28(31-17-32-29(25)27)23-12-9-19-7-5-6-8-21(19)14-23;1-5-10(6-2)12(14)9-13(15)11(7-3)8-4;/h5-11,13-18H,1-4H3;9-11,14H,5-8H2,1-4H3;/q-1;;/b;12-9-;. The third-order valence-electron chi connectivity index (χ3n) is 10.1. The number of benzene rings is 4. The largest absolute Gasteiger partial charge is 0.512 e. The number of ketones is 1. The van der Waals surface area contributed by atoms with Crippen LogP contribution in [0.4, 0.5) is 0 Å². The SMILES string of the molecule is CC(C)c1ccc2cc3c(cc2c1)C(C)(C)c1c(-c2[c-]cc4ccccc4c2)ncnc1-3.CCC(CC)C(=O)/C=C(\O)C(CC)CC.[Ir]. The molecule has 1 N–H and O–H groups in total. The summed E-state index contributed by atoms with van der Waals surface area (Å²) in [5.74, 6) is 1.06. The van der Waals surface area contributed by atoms with Gasteiger partial charge in [0, 0.05) is 49.0 Å². The van der Waals surface area contributed by atoms with Gasteiger partial charge in [0.1, 0.15) is 6.33 Å². The molecule has 0 atom stereocenters. The Balaban J connectivity index is 0.000000279. The van der Waals surface area contributed by atoms with Gasteiger partial charge in [0.05, 0.1) is 11.5 Å². The molecule has 0 aliphatic heterocycles. The van der Waals surface area contributed by atoms with Gasteiger partial charge in [-0.25, -0.2) is 4.98 Å². The average molecular weight is 818 g/mol. The van der Waals surface area contributed by atoms with Crippen LogP contribution in [0.25, 0.3) is 44.1 Å². The summed E-state index contributed by atoms with van der Waals surface area (Å²) in [7, 11) is 0. The van der Waals surface area contributed by atoms with Crippen LogP contribution >= 0.6 is 0 Å². The van der Waals surface area contributed by atoms with Crippen molar-refractivity contribution in [3.63, 3.8) is 0 Å². The molecule has 1 radical (unpaired) electrons. The van der Waals surface area contributed by atoms with Crippen molar-refractivity contribution < 1.29 is 30.0 Å².